The fraction of sp³-hybridized carbons (Fsp3) is 0.227. The van der Waals surface area contributed by atoms with Crippen molar-refractivity contribution in [3.63, 3.8) is 0 Å². The summed E-state index contributed by atoms with van der Waals surface area (Å²) < 4.78 is 78.5. The average molecular weight is 671 g/mol. The second-order valence-corrected chi connectivity index (χ2v) is 7.67. The van der Waals surface area contributed by atoms with Crippen LogP contribution in [0.1, 0.15) is 36.8 Å². The topological polar surface area (TPSA) is 69.4 Å². The third kappa shape index (κ3) is 5.58. The number of hydrogen-bond donors (Lipinski definition) is 0. The molecule has 0 amide bonds. The van der Waals surface area contributed by atoms with Crippen LogP contribution < -0.4 is 0 Å². The Morgan fingerprint density at radius 2 is 1.46 bits per heavy atom. The van der Waals surface area contributed by atoms with Gasteiger partial charge in [0.25, 0.3) is 0 Å². The molecule has 0 bridgehead atoms. The minimum atomic E-state index is -4.72. The summed E-state index contributed by atoms with van der Waals surface area (Å²) in [4.78, 5) is 15.6. The van der Waals surface area contributed by atoms with Gasteiger partial charge in [0.1, 0.15) is 0 Å². The van der Waals surface area contributed by atoms with Gasteiger partial charge in [0.15, 0.2) is 0 Å². The van der Waals surface area contributed by atoms with E-state index in [9.17, 15) is 26.3 Å². The summed E-state index contributed by atoms with van der Waals surface area (Å²) in [6.07, 6.45) is -6.07. The van der Waals surface area contributed by atoms with E-state index < -0.39 is 29.3 Å². The normalized spacial score (nSPS) is 12.3. The molecule has 13 heteroatoms. The Labute approximate surface area is 209 Å². The van der Waals surface area contributed by atoms with Crippen molar-refractivity contribution in [1.82, 2.24) is 29.7 Å². The summed E-state index contributed by atoms with van der Waals surface area (Å²) >= 11 is 0. The fourth-order valence-electron chi connectivity index (χ4n) is 3.07. The molecule has 0 unspecified atom stereocenters. The number of rotatable bonds is 4. The van der Waals surface area contributed by atoms with Gasteiger partial charge < -0.3 is 9.67 Å². The molecule has 4 aromatic rings. The molecule has 0 saturated carbocycles. The molecule has 0 aliphatic rings. The van der Waals surface area contributed by atoms with Crippen molar-refractivity contribution in [2.24, 2.45) is 0 Å². The zero-order valence-electron chi connectivity index (χ0n) is 17.9. The molecular weight excluding hydrogens is 657 g/mol. The Hall–Kier alpha value is -3.14. The van der Waals surface area contributed by atoms with E-state index in [4.69, 9.17) is 0 Å². The Morgan fingerprint density at radius 1 is 0.800 bits per heavy atom. The minimum Gasteiger partial charge on any atom is -0.345 e. The maximum atomic E-state index is 13.0. The molecule has 0 aromatic carbocycles. The van der Waals surface area contributed by atoms with Crippen LogP contribution in [0.3, 0.4) is 0 Å². The predicted octanol–water partition coefficient (Wildman–Crippen LogP) is 5.08. The molecule has 0 aliphatic carbocycles. The molecule has 35 heavy (non-hydrogen) atoms. The van der Waals surface area contributed by atoms with Gasteiger partial charge in [-0.05, 0) is 26.0 Å². The molecule has 0 fully saturated rings. The second-order valence-electron chi connectivity index (χ2n) is 7.67. The summed E-state index contributed by atoms with van der Waals surface area (Å²) in [6, 6.07) is 12.7. The molecule has 184 valence electrons. The fourth-order valence-corrected chi connectivity index (χ4v) is 3.07. The van der Waals surface area contributed by atoms with Gasteiger partial charge in [-0.15, -0.1) is 12.1 Å². The van der Waals surface area contributed by atoms with Crippen molar-refractivity contribution in [2.45, 2.75) is 31.6 Å². The zero-order chi connectivity index (χ0) is 24.7. The molecule has 0 N–H and O–H groups in total. The van der Waals surface area contributed by atoms with E-state index in [-0.39, 0.29) is 38.3 Å². The first-order valence-electron chi connectivity index (χ1n) is 9.68. The molecule has 0 spiro atoms. The summed E-state index contributed by atoms with van der Waals surface area (Å²) in [5.74, 6) is -1.20. The van der Waals surface area contributed by atoms with E-state index >= 15 is 0 Å². The molecule has 0 atom stereocenters. The Kier molecular flexibility index (Phi) is 7.17. The van der Waals surface area contributed by atoms with Crippen LogP contribution in [-0.4, -0.2) is 29.7 Å². The monoisotopic (exact) mass is 671 g/mol. The number of alkyl halides is 6. The Bertz CT molecular complexity index is 1330. The SMILES string of the molecule is CC(C)(c1cccc(-c2[c-]cnc(C(F)(F)F)n2)n1)c1cccc(-n2[c-]cc(C(F)(F)F)n2)n1.[Pt+2]. The van der Waals surface area contributed by atoms with Crippen molar-refractivity contribution in [1.29, 1.82) is 0 Å². The van der Waals surface area contributed by atoms with Crippen LogP contribution in [0.5, 0.6) is 0 Å². The number of hydrogen-bond acceptors (Lipinski definition) is 5. The molecule has 4 heterocycles. The maximum absolute atomic E-state index is 13.0. The van der Waals surface area contributed by atoms with Gasteiger partial charge in [-0.3, -0.25) is 20.1 Å². The Balaban J connectivity index is 0.00000342. The van der Waals surface area contributed by atoms with E-state index in [0.717, 1.165) is 16.9 Å². The van der Waals surface area contributed by atoms with Crippen molar-refractivity contribution >= 4 is 0 Å². The van der Waals surface area contributed by atoms with E-state index in [2.05, 4.69) is 37.3 Å². The van der Waals surface area contributed by atoms with Crippen LogP contribution in [0.2, 0.25) is 0 Å². The van der Waals surface area contributed by atoms with Crippen molar-refractivity contribution in [3.8, 4) is 17.2 Å². The molecule has 4 aromatic heterocycles. The van der Waals surface area contributed by atoms with Crippen molar-refractivity contribution in [2.75, 3.05) is 0 Å². The van der Waals surface area contributed by atoms with E-state index in [1.54, 1.807) is 38.1 Å². The molecular formula is C22H14F6N6Pt. The zero-order valence-corrected chi connectivity index (χ0v) is 20.2. The van der Waals surface area contributed by atoms with Gasteiger partial charge in [0, 0.05) is 16.8 Å². The van der Waals surface area contributed by atoms with Gasteiger partial charge in [-0.1, -0.05) is 42.0 Å². The van der Waals surface area contributed by atoms with Crippen molar-refractivity contribution in [3.05, 3.63) is 83.8 Å². The maximum Gasteiger partial charge on any atom is 2.00 e. The van der Waals surface area contributed by atoms with Gasteiger partial charge in [-0.25, -0.2) is 6.07 Å². The molecule has 6 nitrogen and oxygen atoms in total. The molecule has 0 radical (unpaired) electrons. The smallest absolute Gasteiger partial charge is 0.345 e. The van der Waals surface area contributed by atoms with Gasteiger partial charge in [0.05, 0.1) is 11.5 Å². The van der Waals surface area contributed by atoms with E-state index in [0.29, 0.717) is 11.4 Å². The summed E-state index contributed by atoms with van der Waals surface area (Å²) in [5.41, 5.74) is -1.10. The van der Waals surface area contributed by atoms with E-state index in [1.807, 2.05) is 0 Å². The van der Waals surface area contributed by atoms with Crippen molar-refractivity contribution < 1.29 is 47.4 Å². The standard InChI is InChI=1S/C22H14F6N6.Pt/c1-20(2,16-7-4-8-18(32-16)34-12-10-17(33-34)21(23,24)25)15-6-3-5-13(30-15)14-9-11-29-19(31-14)22(26,27)28;/h3-8,10-11H,1-2H3;/q-2;+2. The summed E-state index contributed by atoms with van der Waals surface area (Å²) in [7, 11) is 0. The predicted molar refractivity (Wildman–Crippen MR) is 106 cm³/mol. The average Bonchev–Trinajstić information content (AvgIpc) is 3.30. The molecule has 4 rings (SSSR count). The van der Waals surface area contributed by atoms with E-state index in [1.165, 1.54) is 12.1 Å². The first-order chi connectivity index (χ1) is 15.9. The molecule has 0 aliphatic heterocycles. The second kappa shape index (κ2) is 9.48. The molecule has 0 saturated heterocycles. The van der Waals surface area contributed by atoms with Crippen LogP contribution in [-0.2, 0) is 38.8 Å². The number of aromatic nitrogens is 6. The third-order valence-electron chi connectivity index (χ3n) is 4.90. The van der Waals surface area contributed by atoms with Crippen LogP contribution in [0.15, 0.2) is 48.7 Å². The largest absolute Gasteiger partial charge is 2.00 e. The number of pyridine rings is 2. The first-order valence-corrected chi connectivity index (χ1v) is 9.68. The van der Waals surface area contributed by atoms with Crippen LogP contribution >= 0.6 is 0 Å². The minimum absolute atomic E-state index is 0. The first kappa shape index (κ1) is 26.5. The number of halogens is 6. The quantitative estimate of drug-likeness (QED) is 0.224. The van der Waals surface area contributed by atoms with Gasteiger partial charge in [-0.2, -0.15) is 26.3 Å². The van der Waals surface area contributed by atoms with Crippen LogP contribution in [0.4, 0.5) is 26.3 Å². The van der Waals surface area contributed by atoms with Crippen LogP contribution in [0.25, 0.3) is 17.2 Å². The number of nitrogens with zero attached hydrogens (tertiary/aromatic N) is 6. The van der Waals surface area contributed by atoms with Gasteiger partial charge >= 0.3 is 33.4 Å². The summed E-state index contributed by atoms with van der Waals surface area (Å²) in [6.45, 7) is 3.54. The summed E-state index contributed by atoms with van der Waals surface area (Å²) in [5, 5.41) is 3.48. The third-order valence-corrected chi connectivity index (χ3v) is 4.90. The van der Waals surface area contributed by atoms with Crippen LogP contribution in [0, 0.1) is 12.3 Å². The Morgan fingerprint density at radius 3 is 2.09 bits per heavy atom. The van der Waals surface area contributed by atoms with Gasteiger partial charge in [0.2, 0.25) is 5.82 Å².